The Labute approximate surface area is 177 Å². The van der Waals surface area contributed by atoms with Crippen LogP contribution in [0.15, 0.2) is 48.5 Å². The summed E-state index contributed by atoms with van der Waals surface area (Å²) in [6.07, 6.45) is 0. The molecule has 4 rings (SSSR count). The van der Waals surface area contributed by atoms with Gasteiger partial charge in [-0.05, 0) is 61.1 Å². The van der Waals surface area contributed by atoms with Gasteiger partial charge in [0.05, 0.1) is 17.9 Å². The molecule has 0 bridgehead atoms. The first-order chi connectivity index (χ1) is 13.5. The quantitative estimate of drug-likeness (QED) is 0.531. The molecule has 28 heavy (non-hydrogen) atoms. The number of hydrogen-bond acceptors (Lipinski definition) is 5. The smallest absolute Gasteiger partial charge is 0.338 e. The van der Waals surface area contributed by atoms with Crippen molar-refractivity contribution >= 4 is 58.3 Å². The second kappa shape index (κ2) is 7.73. The Morgan fingerprint density at radius 3 is 2.54 bits per heavy atom. The first-order valence-corrected chi connectivity index (χ1v) is 10.6. The number of fused-ring (bicyclic) bond motifs is 1. The molecule has 0 radical (unpaired) electrons. The predicted molar refractivity (Wildman–Crippen MR) is 115 cm³/mol. The van der Waals surface area contributed by atoms with Crippen LogP contribution in [0.5, 0.6) is 0 Å². The maximum atomic E-state index is 13.0. The van der Waals surface area contributed by atoms with Crippen molar-refractivity contribution in [3.8, 4) is 0 Å². The van der Waals surface area contributed by atoms with Crippen LogP contribution in [0.2, 0.25) is 5.02 Å². The molecule has 2 aromatic carbocycles. The lowest BCUT2D eigenvalue weighted by Gasteiger charge is -2.25. The van der Waals surface area contributed by atoms with E-state index in [2.05, 4.69) is 0 Å². The van der Waals surface area contributed by atoms with Gasteiger partial charge in [-0.3, -0.25) is 9.69 Å². The first kappa shape index (κ1) is 19.2. The van der Waals surface area contributed by atoms with Gasteiger partial charge in [0.2, 0.25) is 0 Å². The second-order valence-electron chi connectivity index (χ2n) is 6.38. The summed E-state index contributed by atoms with van der Waals surface area (Å²) in [6.45, 7) is 2.07. The highest BCUT2D eigenvalue weighted by molar-refractivity contribution is 7.99. The van der Waals surface area contributed by atoms with Crippen LogP contribution in [0.1, 0.15) is 28.2 Å². The van der Waals surface area contributed by atoms with Crippen LogP contribution in [0.25, 0.3) is 0 Å². The summed E-state index contributed by atoms with van der Waals surface area (Å²) in [5, 5.41) is 1.12. The summed E-state index contributed by atoms with van der Waals surface area (Å²) in [5.74, 6) is 0.242. The number of carbonyl (C=O) groups is 2. The lowest BCUT2D eigenvalue weighted by Crippen LogP contribution is -2.33. The SMILES string of the molecule is CCOC(=O)c1ccc(N2C(=O)[C@@H]3CS[C@@H](c4ccc(Cl)cc4)N3C2=S)cc1. The Balaban J connectivity index is 1.59. The Kier molecular flexibility index (Phi) is 5.31. The Morgan fingerprint density at radius 2 is 1.89 bits per heavy atom. The number of benzene rings is 2. The Hall–Kier alpha value is -2.09. The average Bonchev–Trinajstić information content (AvgIpc) is 3.23. The zero-order chi connectivity index (χ0) is 19.8. The standard InChI is InChI=1S/C20H17ClN2O3S2/c1-2-26-19(25)13-5-9-15(10-6-13)22-17(24)16-11-28-18(23(16)20(22)27)12-3-7-14(21)8-4-12/h3-10,16,18H,2,11H2,1H3/t16-,18-/m0/s1. The number of carbonyl (C=O) groups excluding carboxylic acids is 2. The number of rotatable bonds is 4. The summed E-state index contributed by atoms with van der Waals surface area (Å²) >= 11 is 13.4. The van der Waals surface area contributed by atoms with E-state index in [0.29, 0.717) is 33.7 Å². The molecule has 0 N–H and O–H groups in total. The zero-order valence-electron chi connectivity index (χ0n) is 15.0. The lowest BCUT2D eigenvalue weighted by molar-refractivity contribution is -0.119. The number of thioether (sulfide) groups is 1. The minimum Gasteiger partial charge on any atom is -0.462 e. The lowest BCUT2D eigenvalue weighted by atomic mass is 10.2. The minimum atomic E-state index is -0.385. The molecular formula is C20H17ClN2O3S2. The van der Waals surface area contributed by atoms with Crippen LogP contribution in [0, 0.1) is 0 Å². The third kappa shape index (κ3) is 3.27. The van der Waals surface area contributed by atoms with Crippen LogP contribution in [-0.2, 0) is 9.53 Å². The van der Waals surface area contributed by atoms with Crippen molar-refractivity contribution in [1.82, 2.24) is 4.90 Å². The normalized spacial score (nSPS) is 21.2. The van der Waals surface area contributed by atoms with Gasteiger partial charge in [0, 0.05) is 10.8 Å². The van der Waals surface area contributed by atoms with Gasteiger partial charge in [0.1, 0.15) is 11.4 Å². The number of nitrogens with zero attached hydrogens (tertiary/aromatic N) is 2. The van der Waals surface area contributed by atoms with Crippen molar-refractivity contribution in [2.75, 3.05) is 17.3 Å². The van der Waals surface area contributed by atoms with Crippen molar-refractivity contribution in [2.24, 2.45) is 0 Å². The highest BCUT2D eigenvalue weighted by atomic mass is 35.5. The van der Waals surface area contributed by atoms with Crippen molar-refractivity contribution in [3.05, 3.63) is 64.7 Å². The fourth-order valence-electron chi connectivity index (χ4n) is 3.37. The maximum absolute atomic E-state index is 13.0. The van der Waals surface area contributed by atoms with Crippen LogP contribution in [0.4, 0.5) is 5.69 Å². The van der Waals surface area contributed by atoms with Gasteiger partial charge in [-0.25, -0.2) is 4.79 Å². The van der Waals surface area contributed by atoms with E-state index in [0.717, 1.165) is 5.56 Å². The van der Waals surface area contributed by atoms with Crippen LogP contribution >= 0.6 is 35.6 Å². The average molecular weight is 433 g/mol. The van der Waals surface area contributed by atoms with E-state index in [9.17, 15) is 9.59 Å². The fourth-order valence-corrected chi connectivity index (χ4v) is 5.42. The van der Waals surface area contributed by atoms with Crippen LogP contribution < -0.4 is 4.90 Å². The summed E-state index contributed by atoms with van der Waals surface area (Å²) in [6, 6.07) is 14.1. The maximum Gasteiger partial charge on any atom is 0.338 e. The Bertz CT molecular complexity index is 933. The molecule has 2 atom stereocenters. The largest absolute Gasteiger partial charge is 0.462 e. The highest BCUT2D eigenvalue weighted by Gasteiger charge is 2.50. The third-order valence-corrected chi connectivity index (χ3v) is 6.68. The molecule has 8 heteroatoms. The molecule has 1 amide bonds. The molecule has 2 aliphatic rings. The minimum absolute atomic E-state index is 0.0254. The number of esters is 1. The van der Waals surface area contributed by atoms with Gasteiger partial charge in [0.25, 0.3) is 5.91 Å². The predicted octanol–water partition coefficient (Wildman–Crippen LogP) is 4.26. The number of ether oxygens (including phenoxy) is 1. The molecule has 0 unspecified atom stereocenters. The van der Waals surface area contributed by atoms with Gasteiger partial charge in [0.15, 0.2) is 5.11 Å². The number of amides is 1. The van der Waals surface area contributed by atoms with Gasteiger partial charge in [-0.2, -0.15) is 0 Å². The summed E-state index contributed by atoms with van der Waals surface area (Å²) in [5.41, 5.74) is 2.15. The van der Waals surface area contributed by atoms with Gasteiger partial charge in [-0.1, -0.05) is 23.7 Å². The van der Waals surface area contributed by atoms with Crippen LogP contribution in [-0.4, -0.2) is 40.3 Å². The molecule has 0 saturated carbocycles. The van der Waals surface area contributed by atoms with E-state index in [1.165, 1.54) is 0 Å². The molecular weight excluding hydrogens is 416 g/mol. The first-order valence-electron chi connectivity index (χ1n) is 8.81. The van der Waals surface area contributed by atoms with Gasteiger partial charge < -0.3 is 9.64 Å². The van der Waals surface area contributed by atoms with E-state index >= 15 is 0 Å². The monoisotopic (exact) mass is 432 g/mol. The van der Waals surface area contributed by atoms with E-state index in [1.807, 2.05) is 29.2 Å². The summed E-state index contributed by atoms with van der Waals surface area (Å²) in [7, 11) is 0. The number of hydrogen-bond donors (Lipinski definition) is 0. The fraction of sp³-hybridized carbons (Fsp3) is 0.250. The van der Waals surface area contributed by atoms with E-state index < -0.39 is 0 Å². The topological polar surface area (TPSA) is 49.9 Å². The molecule has 0 aromatic heterocycles. The molecule has 2 aliphatic heterocycles. The highest BCUT2D eigenvalue weighted by Crippen LogP contribution is 2.46. The molecule has 5 nitrogen and oxygen atoms in total. The molecule has 2 aromatic rings. The van der Waals surface area contributed by atoms with Crippen LogP contribution in [0.3, 0.4) is 0 Å². The summed E-state index contributed by atoms with van der Waals surface area (Å²) in [4.78, 5) is 28.4. The van der Waals surface area contributed by atoms with E-state index in [4.69, 9.17) is 28.6 Å². The second-order valence-corrected chi connectivity index (χ2v) is 8.30. The molecule has 144 valence electrons. The molecule has 2 fully saturated rings. The summed E-state index contributed by atoms with van der Waals surface area (Å²) < 4.78 is 5.00. The van der Waals surface area contributed by atoms with Crippen molar-refractivity contribution < 1.29 is 14.3 Å². The Morgan fingerprint density at radius 1 is 1.21 bits per heavy atom. The molecule has 2 saturated heterocycles. The van der Waals surface area contributed by atoms with E-state index in [1.54, 1.807) is 47.9 Å². The zero-order valence-corrected chi connectivity index (χ0v) is 17.4. The number of thiocarbonyl (C=S) groups is 1. The molecule has 0 spiro atoms. The number of anilines is 1. The molecule has 0 aliphatic carbocycles. The van der Waals surface area contributed by atoms with Crippen molar-refractivity contribution in [3.63, 3.8) is 0 Å². The van der Waals surface area contributed by atoms with E-state index in [-0.39, 0.29) is 23.3 Å². The third-order valence-electron chi connectivity index (χ3n) is 4.71. The van der Waals surface area contributed by atoms with Crippen molar-refractivity contribution in [2.45, 2.75) is 18.3 Å². The molecule has 2 heterocycles. The van der Waals surface area contributed by atoms with Gasteiger partial charge >= 0.3 is 5.97 Å². The number of halogens is 1. The van der Waals surface area contributed by atoms with Crippen molar-refractivity contribution in [1.29, 1.82) is 0 Å². The van der Waals surface area contributed by atoms with Gasteiger partial charge in [-0.15, -0.1) is 11.8 Å².